The number of para-hydroxylation sites is 2. The quantitative estimate of drug-likeness (QED) is 0.304. The maximum atomic E-state index is 14.1. The van der Waals surface area contributed by atoms with Crippen molar-refractivity contribution in [1.29, 1.82) is 0 Å². The van der Waals surface area contributed by atoms with Crippen LogP contribution in [0.5, 0.6) is 0 Å². The van der Waals surface area contributed by atoms with Gasteiger partial charge in [-0.3, -0.25) is 28.9 Å². The number of anilines is 3. The molecule has 9 nitrogen and oxygen atoms in total. The molecule has 2 unspecified atom stereocenters. The number of amides is 5. The molecule has 45 heavy (non-hydrogen) atoms. The van der Waals surface area contributed by atoms with Gasteiger partial charge in [0.1, 0.15) is 6.54 Å². The average Bonchev–Trinajstić information content (AvgIpc) is 3.62. The number of nitrogens with zero attached hydrogens (tertiary/aromatic N) is 3. The van der Waals surface area contributed by atoms with Gasteiger partial charge in [0.25, 0.3) is 17.7 Å². The predicted octanol–water partition coefficient (Wildman–Crippen LogP) is 5.28. The molecule has 0 aromatic heterocycles. The van der Waals surface area contributed by atoms with Crippen molar-refractivity contribution in [2.24, 2.45) is 5.92 Å². The third kappa shape index (κ3) is 5.06. The first-order valence-electron chi connectivity index (χ1n) is 15.0. The van der Waals surface area contributed by atoms with Crippen LogP contribution < -0.4 is 15.1 Å². The molecule has 1 saturated carbocycles. The van der Waals surface area contributed by atoms with Gasteiger partial charge >= 0.3 is 0 Å². The van der Waals surface area contributed by atoms with Gasteiger partial charge in [-0.25, -0.2) is 0 Å². The molecule has 1 N–H and O–H groups in total. The standard InChI is InChI=1S/C36H30N4O5/c41-32(22-39-34(43)26-11-4-5-12-27(26)35(39)44)40-29-16-8-13-28(29)36(45)38(30-14-6-7-15-31(30)40)21-23-17-19-25(20-18-23)37-33(42)24-9-2-1-3-10-24/h1-7,9-12,14-15,17-20,28-29H,8,13,16,21-22H2,(H,37,42). The van der Waals surface area contributed by atoms with Gasteiger partial charge in [0, 0.05) is 17.3 Å². The van der Waals surface area contributed by atoms with Crippen LogP contribution in [-0.4, -0.2) is 47.0 Å². The Balaban J connectivity index is 1.15. The van der Waals surface area contributed by atoms with Crippen LogP contribution in [0.25, 0.3) is 0 Å². The van der Waals surface area contributed by atoms with Crippen molar-refractivity contribution in [3.05, 3.63) is 125 Å². The molecule has 9 heteroatoms. The summed E-state index contributed by atoms with van der Waals surface area (Å²) in [6.07, 6.45) is 2.06. The van der Waals surface area contributed by atoms with Crippen LogP contribution in [0.15, 0.2) is 103 Å². The Kier molecular flexibility index (Phi) is 7.21. The zero-order valence-corrected chi connectivity index (χ0v) is 24.4. The smallest absolute Gasteiger partial charge is 0.262 e. The predicted molar refractivity (Wildman–Crippen MR) is 169 cm³/mol. The highest BCUT2D eigenvalue weighted by atomic mass is 16.2. The number of carbonyl (C=O) groups is 5. The van der Waals surface area contributed by atoms with Crippen molar-refractivity contribution >= 4 is 46.6 Å². The minimum Gasteiger partial charge on any atom is -0.322 e. The molecular formula is C36H30N4O5. The van der Waals surface area contributed by atoms with Gasteiger partial charge in [0.05, 0.1) is 35.0 Å². The number of carbonyl (C=O) groups excluding carboxylic acids is 5. The highest BCUT2D eigenvalue weighted by Gasteiger charge is 2.47. The molecule has 1 fully saturated rings. The Morgan fingerprint density at radius 2 is 1.31 bits per heavy atom. The van der Waals surface area contributed by atoms with Crippen molar-refractivity contribution < 1.29 is 24.0 Å². The monoisotopic (exact) mass is 598 g/mol. The minimum absolute atomic E-state index is 0.0672. The van der Waals surface area contributed by atoms with Gasteiger partial charge in [-0.05, 0) is 66.9 Å². The van der Waals surface area contributed by atoms with Crippen LogP contribution in [0.4, 0.5) is 17.1 Å². The molecule has 0 spiro atoms. The fraction of sp³-hybridized carbons (Fsp3) is 0.194. The van der Waals surface area contributed by atoms with Crippen molar-refractivity contribution in [1.82, 2.24) is 4.90 Å². The van der Waals surface area contributed by atoms with E-state index in [1.807, 2.05) is 54.6 Å². The summed E-state index contributed by atoms with van der Waals surface area (Å²) < 4.78 is 0. The van der Waals surface area contributed by atoms with E-state index in [1.165, 1.54) is 0 Å². The fourth-order valence-electron chi connectivity index (χ4n) is 6.68. The molecule has 0 saturated heterocycles. The van der Waals surface area contributed by atoms with E-state index < -0.39 is 30.2 Å². The van der Waals surface area contributed by atoms with Gasteiger partial charge in [-0.1, -0.05) is 61.0 Å². The van der Waals surface area contributed by atoms with E-state index in [9.17, 15) is 24.0 Å². The second-order valence-electron chi connectivity index (χ2n) is 11.5. The topological polar surface area (TPSA) is 107 Å². The van der Waals surface area contributed by atoms with Gasteiger partial charge < -0.3 is 15.1 Å². The highest BCUT2D eigenvalue weighted by Crippen LogP contribution is 2.43. The van der Waals surface area contributed by atoms with Crippen LogP contribution >= 0.6 is 0 Å². The third-order valence-electron chi connectivity index (χ3n) is 8.86. The number of fused-ring (bicyclic) bond motifs is 3. The van der Waals surface area contributed by atoms with E-state index in [0.29, 0.717) is 35.5 Å². The number of hydrogen-bond acceptors (Lipinski definition) is 5. The van der Waals surface area contributed by atoms with E-state index in [0.717, 1.165) is 16.9 Å². The molecule has 0 radical (unpaired) electrons. The molecule has 2 aliphatic heterocycles. The summed E-state index contributed by atoms with van der Waals surface area (Å²) in [7, 11) is 0. The summed E-state index contributed by atoms with van der Waals surface area (Å²) >= 11 is 0. The van der Waals surface area contributed by atoms with Crippen LogP contribution in [-0.2, 0) is 16.1 Å². The number of benzene rings is 4. The Hall–Kier alpha value is -5.57. The van der Waals surface area contributed by atoms with Gasteiger partial charge in [-0.2, -0.15) is 0 Å². The summed E-state index contributed by atoms with van der Waals surface area (Å²) in [5.41, 5.74) is 3.80. The maximum Gasteiger partial charge on any atom is 0.262 e. The van der Waals surface area contributed by atoms with Gasteiger partial charge in [0.15, 0.2) is 0 Å². The van der Waals surface area contributed by atoms with Crippen LogP contribution in [0.3, 0.4) is 0 Å². The van der Waals surface area contributed by atoms with Crippen molar-refractivity contribution in [2.75, 3.05) is 21.7 Å². The molecule has 0 bridgehead atoms. The SMILES string of the molecule is O=C(Nc1ccc(CN2C(=O)C3CCCC3N(C(=O)CN3C(=O)c4ccccc4C3=O)c3ccccc32)cc1)c1ccccc1. The first-order chi connectivity index (χ1) is 21.9. The van der Waals surface area contributed by atoms with Gasteiger partial charge in [0.2, 0.25) is 11.8 Å². The number of rotatable bonds is 6. The lowest BCUT2D eigenvalue weighted by molar-refractivity contribution is -0.123. The van der Waals surface area contributed by atoms with E-state index in [2.05, 4.69) is 5.32 Å². The molecule has 3 aliphatic rings. The summed E-state index contributed by atoms with van der Waals surface area (Å²) in [4.78, 5) is 71.3. The normalized spacial score (nSPS) is 18.8. The number of hydrogen-bond donors (Lipinski definition) is 1. The molecule has 2 atom stereocenters. The van der Waals surface area contributed by atoms with E-state index in [1.54, 1.807) is 58.3 Å². The molecule has 224 valence electrons. The zero-order chi connectivity index (χ0) is 31.1. The number of nitrogens with one attached hydrogen (secondary N) is 1. The first-order valence-corrected chi connectivity index (χ1v) is 15.0. The lowest BCUT2D eigenvalue weighted by atomic mass is 10.0. The summed E-state index contributed by atoms with van der Waals surface area (Å²) in [6, 6.07) is 29.8. The number of imide groups is 1. The fourth-order valence-corrected chi connectivity index (χ4v) is 6.68. The lowest BCUT2D eigenvalue weighted by Crippen LogP contribution is -2.49. The van der Waals surface area contributed by atoms with Crippen LogP contribution in [0, 0.1) is 5.92 Å². The van der Waals surface area contributed by atoms with E-state index >= 15 is 0 Å². The Morgan fingerprint density at radius 3 is 2.00 bits per heavy atom. The average molecular weight is 599 g/mol. The summed E-state index contributed by atoms with van der Waals surface area (Å²) in [6.45, 7) is -0.138. The van der Waals surface area contributed by atoms with Crippen LogP contribution in [0.1, 0.15) is 55.9 Å². The van der Waals surface area contributed by atoms with Crippen molar-refractivity contribution in [3.8, 4) is 0 Å². The second-order valence-corrected chi connectivity index (χ2v) is 11.5. The van der Waals surface area contributed by atoms with E-state index in [4.69, 9.17) is 0 Å². The van der Waals surface area contributed by atoms with Crippen molar-refractivity contribution in [3.63, 3.8) is 0 Å². The van der Waals surface area contributed by atoms with Gasteiger partial charge in [-0.15, -0.1) is 0 Å². The summed E-state index contributed by atoms with van der Waals surface area (Å²) in [5.74, 6) is -2.08. The second kappa shape index (κ2) is 11.5. The van der Waals surface area contributed by atoms with Crippen LogP contribution in [0.2, 0.25) is 0 Å². The summed E-state index contributed by atoms with van der Waals surface area (Å²) in [5, 5.41) is 2.90. The Labute approximate surface area is 260 Å². The Morgan fingerprint density at radius 1 is 0.689 bits per heavy atom. The highest BCUT2D eigenvalue weighted by molar-refractivity contribution is 6.23. The molecule has 4 aromatic rings. The maximum absolute atomic E-state index is 14.1. The zero-order valence-electron chi connectivity index (χ0n) is 24.4. The molecule has 5 amide bonds. The molecule has 2 heterocycles. The largest absolute Gasteiger partial charge is 0.322 e. The molecular weight excluding hydrogens is 568 g/mol. The lowest BCUT2D eigenvalue weighted by Gasteiger charge is -2.31. The molecule has 7 rings (SSSR count). The third-order valence-corrected chi connectivity index (χ3v) is 8.86. The molecule has 4 aromatic carbocycles. The molecule has 1 aliphatic carbocycles. The minimum atomic E-state index is -0.490. The van der Waals surface area contributed by atoms with Crippen molar-refractivity contribution in [2.45, 2.75) is 31.8 Å². The van der Waals surface area contributed by atoms with E-state index in [-0.39, 0.29) is 35.5 Å². The Bertz CT molecular complexity index is 1800. The first kappa shape index (κ1) is 28.2.